The minimum atomic E-state index is -1.23. The van der Waals surface area contributed by atoms with Gasteiger partial charge >= 0.3 is 6.16 Å². The Hall–Kier alpha value is -0.770. The van der Waals surface area contributed by atoms with Gasteiger partial charge in [-0.25, -0.2) is 4.79 Å². The zero-order valence-corrected chi connectivity index (χ0v) is 6.45. The van der Waals surface area contributed by atoms with Crippen LogP contribution in [0.4, 0.5) is 4.79 Å². The Labute approximate surface area is 65.1 Å². The lowest BCUT2D eigenvalue weighted by Crippen LogP contribution is -2.27. The van der Waals surface area contributed by atoms with Gasteiger partial charge in [-0.2, -0.15) is 0 Å². The first-order chi connectivity index (χ1) is 5.20. The molecule has 2 atom stereocenters. The third kappa shape index (κ3) is 2.38. The van der Waals surface area contributed by atoms with E-state index < -0.39 is 6.16 Å². The monoisotopic (exact) mass is 160 g/mol. The van der Waals surface area contributed by atoms with Crippen molar-refractivity contribution in [1.82, 2.24) is 0 Å². The molecule has 4 heteroatoms. The Bertz CT molecular complexity index is 139. The van der Waals surface area contributed by atoms with Crippen LogP contribution in [-0.2, 0) is 9.47 Å². The minimum Gasteiger partial charge on any atom is -0.450 e. The summed E-state index contributed by atoms with van der Waals surface area (Å²) in [4.78, 5) is 10.1. The Kier molecular flexibility index (Phi) is 2.70. The molecule has 1 aliphatic heterocycles. The highest BCUT2D eigenvalue weighted by atomic mass is 16.7. The van der Waals surface area contributed by atoms with Crippen LogP contribution in [0.1, 0.15) is 19.8 Å². The van der Waals surface area contributed by atoms with Crippen molar-refractivity contribution in [2.24, 2.45) is 0 Å². The maximum Gasteiger partial charge on any atom is 0.506 e. The number of carboxylic acid groups (broad SMARTS) is 1. The zero-order chi connectivity index (χ0) is 8.27. The molecule has 0 bridgehead atoms. The molecule has 0 aliphatic carbocycles. The van der Waals surface area contributed by atoms with Crippen molar-refractivity contribution >= 4 is 6.16 Å². The highest BCUT2D eigenvalue weighted by molar-refractivity contribution is 5.57. The number of ether oxygens (including phenoxy) is 2. The van der Waals surface area contributed by atoms with Crippen molar-refractivity contribution in [2.75, 3.05) is 6.61 Å². The second-order valence-electron chi connectivity index (χ2n) is 2.64. The molecule has 0 saturated carbocycles. The van der Waals surface area contributed by atoms with Gasteiger partial charge in [-0.3, -0.25) is 0 Å². The van der Waals surface area contributed by atoms with Gasteiger partial charge < -0.3 is 14.6 Å². The van der Waals surface area contributed by atoms with Crippen molar-refractivity contribution < 1.29 is 19.4 Å². The first-order valence-corrected chi connectivity index (χ1v) is 3.71. The van der Waals surface area contributed by atoms with Crippen LogP contribution in [0.15, 0.2) is 0 Å². The molecule has 2 unspecified atom stereocenters. The van der Waals surface area contributed by atoms with E-state index in [1.54, 1.807) is 6.92 Å². The molecule has 1 saturated heterocycles. The van der Waals surface area contributed by atoms with Crippen LogP contribution in [0.5, 0.6) is 0 Å². The normalized spacial score (nSPS) is 26.5. The van der Waals surface area contributed by atoms with Crippen LogP contribution in [0.3, 0.4) is 0 Å². The predicted octanol–water partition coefficient (Wildman–Crippen LogP) is 1.25. The fraction of sp³-hybridized carbons (Fsp3) is 0.857. The van der Waals surface area contributed by atoms with Gasteiger partial charge in [0.1, 0.15) is 6.10 Å². The predicted molar refractivity (Wildman–Crippen MR) is 37.5 cm³/mol. The van der Waals surface area contributed by atoms with Crippen LogP contribution in [0, 0.1) is 0 Å². The summed E-state index contributed by atoms with van der Waals surface area (Å²) in [5, 5.41) is 8.27. The summed E-state index contributed by atoms with van der Waals surface area (Å²) in [7, 11) is 0. The van der Waals surface area contributed by atoms with E-state index in [4.69, 9.17) is 9.84 Å². The first kappa shape index (κ1) is 8.33. The molecule has 4 nitrogen and oxygen atoms in total. The molecule has 1 N–H and O–H groups in total. The largest absolute Gasteiger partial charge is 0.506 e. The van der Waals surface area contributed by atoms with Gasteiger partial charge in [0.25, 0.3) is 0 Å². The summed E-state index contributed by atoms with van der Waals surface area (Å²) in [5.74, 6) is 0. The van der Waals surface area contributed by atoms with E-state index in [9.17, 15) is 4.79 Å². The molecule has 0 radical (unpaired) electrons. The second-order valence-corrected chi connectivity index (χ2v) is 2.64. The van der Waals surface area contributed by atoms with Crippen molar-refractivity contribution in [2.45, 2.75) is 32.0 Å². The minimum absolute atomic E-state index is 0.0360. The average molecular weight is 160 g/mol. The van der Waals surface area contributed by atoms with E-state index in [0.29, 0.717) is 0 Å². The molecule has 0 spiro atoms. The summed E-state index contributed by atoms with van der Waals surface area (Å²) in [6, 6.07) is 0. The maximum atomic E-state index is 10.1. The van der Waals surface area contributed by atoms with Gasteiger partial charge in [-0.1, -0.05) is 0 Å². The van der Waals surface area contributed by atoms with E-state index in [-0.39, 0.29) is 12.2 Å². The van der Waals surface area contributed by atoms with Gasteiger partial charge in [0.2, 0.25) is 0 Å². The van der Waals surface area contributed by atoms with Crippen molar-refractivity contribution in [3.05, 3.63) is 0 Å². The van der Waals surface area contributed by atoms with E-state index in [1.807, 2.05) is 0 Å². The molecular formula is C7H12O4. The van der Waals surface area contributed by atoms with E-state index in [1.165, 1.54) is 0 Å². The zero-order valence-electron chi connectivity index (χ0n) is 6.45. The van der Waals surface area contributed by atoms with E-state index in [2.05, 4.69) is 4.74 Å². The third-order valence-electron chi connectivity index (χ3n) is 1.78. The summed E-state index contributed by atoms with van der Waals surface area (Å²) >= 11 is 0. The standard InChI is InChI=1S/C7H12O4/c1-5(11-7(8)9)6-3-2-4-10-6/h5-6H,2-4H2,1H3,(H,8,9). The molecule has 64 valence electrons. The molecule has 11 heavy (non-hydrogen) atoms. The first-order valence-electron chi connectivity index (χ1n) is 3.71. The molecule has 0 aromatic heterocycles. The van der Waals surface area contributed by atoms with Crippen LogP contribution in [0.25, 0.3) is 0 Å². The molecule has 0 amide bonds. The lowest BCUT2D eigenvalue weighted by Gasteiger charge is -2.16. The van der Waals surface area contributed by atoms with Crippen molar-refractivity contribution in [1.29, 1.82) is 0 Å². The number of hydrogen-bond donors (Lipinski definition) is 1. The summed E-state index contributed by atoms with van der Waals surface area (Å²) in [6.07, 6.45) is 0.293. The fourth-order valence-electron chi connectivity index (χ4n) is 1.21. The van der Waals surface area contributed by atoms with Gasteiger partial charge in [0.05, 0.1) is 6.10 Å². The summed E-state index contributed by atoms with van der Waals surface area (Å²) in [6.45, 7) is 2.43. The number of hydrogen-bond acceptors (Lipinski definition) is 3. The molecule has 1 heterocycles. The van der Waals surface area contributed by atoms with Crippen molar-refractivity contribution in [3.63, 3.8) is 0 Å². The summed E-state index contributed by atoms with van der Waals surface area (Å²) < 4.78 is 9.75. The molecule has 1 aliphatic rings. The molecule has 1 fully saturated rings. The maximum absolute atomic E-state index is 10.1. The van der Waals surface area contributed by atoms with Gasteiger partial charge in [-0.05, 0) is 19.8 Å². The van der Waals surface area contributed by atoms with Crippen LogP contribution < -0.4 is 0 Å². The second kappa shape index (κ2) is 3.57. The lowest BCUT2D eigenvalue weighted by molar-refractivity contribution is -0.0218. The highest BCUT2D eigenvalue weighted by Gasteiger charge is 2.24. The van der Waals surface area contributed by atoms with Crippen LogP contribution in [-0.4, -0.2) is 30.1 Å². The topological polar surface area (TPSA) is 55.8 Å². The Balaban J connectivity index is 2.28. The quantitative estimate of drug-likeness (QED) is 0.617. The molecule has 0 aromatic carbocycles. The lowest BCUT2D eigenvalue weighted by atomic mass is 10.1. The fourth-order valence-corrected chi connectivity index (χ4v) is 1.21. The van der Waals surface area contributed by atoms with Gasteiger partial charge in [0, 0.05) is 6.61 Å². The summed E-state index contributed by atoms with van der Waals surface area (Å²) in [5.41, 5.74) is 0. The number of carbonyl (C=O) groups is 1. The average Bonchev–Trinajstić information content (AvgIpc) is 2.35. The smallest absolute Gasteiger partial charge is 0.450 e. The Morgan fingerprint density at radius 3 is 3.00 bits per heavy atom. The highest BCUT2D eigenvalue weighted by Crippen LogP contribution is 2.17. The van der Waals surface area contributed by atoms with Gasteiger partial charge in [0.15, 0.2) is 0 Å². The third-order valence-corrected chi connectivity index (χ3v) is 1.78. The number of rotatable bonds is 2. The Morgan fingerprint density at radius 1 is 1.82 bits per heavy atom. The van der Waals surface area contributed by atoms with Crippen LogP contribution in [0.2, 0.25) is 0 Å². The van der Waals surface area contributed by atoms with E-state index >= 15 is 0 Å². The Morgan fingerprint density at radius 2 is 2.55 bits per heavy atom. The van der Waals surface area contributed by atoms with E-state index in [0.717, 1.165) is 19.4 Å². The van der Waals surface area contributed by atoms with Crippen molar-refractivity contribution in [3.8, 4) is 0 Å². The molecule has 1 rings (SSSR count). The molecular weight excluding hydrogens is 148 g/mol. The SMILES string of the molecule is CC(OC(=O)O)C1CCCO1. The van der Waals surface area contributed by atoms with Crippen LogP contribution >= 0.6 is 0 Å². The van der Waals surface area contributed by atoms with Gasteiger partial charge in [-0.15, -0.1) is 0 Å². The molecule has 0 aromatic rings.